The van der Waals surface area contributed by atoms with Crippen molar-refractivity contribution < 1.29 is 4.42 Å². The third-order valence-electron chi connectivity index (χ3n) is 20.2. The fourth-order valence-electron chi connectivity index (χ4n) is 16.8. The largest absolute Gasteiger partial charge is 0.456 e. The first kappa shape index (κ1) is 47.1. The standard InChI is InChI=1S/C84H50N2O/c1-3-20-53(21-4-1)83(54-22-5-2-6-23-54)70-31-12-7-26-62(70)63-42-39-56(49-75(63)83)85(57-40-43-66-65-28-11-16-36-78(65)87-79(66)50-57)55-38-41-59-51(47-55)19-17-29-58(59)52-37-46-77-69(48-52)68-44-45-74-81-80-67(64-27-10-15-35-76(64)86(77)82(68)81)30-18-34-73(80)84(74)71-32-13-8-24-60(71)61-25-9-14-33-72(61)84/h1-50H. The van der Waals surface area contributed by atoms with Crippen LogP contribution in [0.25, 0.3) is 116 Å². The lowest BCUT2D eigenvalue weighted by Gasteiger charge is -2.35. The van der Waals surface area contributed by atoms with E-state index in [1.165, 1.54) is 133 Å². The minimum atomic E-state index is -0.561. The van der Waals surface area contributed by atoms with Crippen LogP contribution in [0.3, 0.4) is 0 Å². The second-order valence-electron chi connectivity index (χ2n) is 24.1. The zero-order valence-corrected chi connectivity index (χ0v) is 47.2. The summed E-state index contributed by atoms with van der Waals surface area (Å²) in [4.78, 5) is 2.43. The van der Waals surface area contributed by atoms with Crippen LogP contribution < -0.4 is 4.90 Å². The Balaban J connectivity index is 0.783. The van der Waals surface area contributed by atoms with E-state index in [0.29, 0.717) is 0 Å². The van der Waals surface area contributed by atoms with E-state index >= 15 is 0 Å². The Labute approximate surface area is 502 Å². The molecule has 3 nitrogen and oxygen atoms in total. The molecule has 4 aliphatic rings. The first-order valence-electron chi connectivity index (χ1n) is 30.3. The number of rotatable bonds is 6. The molecule has 2 aromatic heterocycles. The van der Waals surface area contributed by atoms with Gasteiger partial charge in [-0.1, -0.05) is 237 Å². The zero-order chi connectivity index (χ0) is 56.7. The number of hydrogen-bond acceptors (Lipinski definition) is 2. The van der Waals surface area contributed by atoms with E-state index in [9.17, 15) is 0 Å². The van der Waals surface area contributed by atoms with Crippen molar-refractivity contribution in [1.82, 2.24) is 4.57 Å². The van der Waals surface area contributed by atoms with Gasteiger partial charge in [-0.2, -0.15) is 0 Å². The van der Waals surface area contributed by atoms with Gasteiger partial charge in [-0.05, 0) is 160 Å². The first-order chi connectivity index (χ1) is 43.2. The topological polar surface area (TPSA) is 21.3 Å². The van der Waals surface area contributed by atoms with Gasteiger partial charge in [-0.25, -0.2) is 0 Å². The monoisotopic (exact) mass is 1100 g/mol. The van der Waals surface area contributed by atoms with E-state index in [-0.39, 0.29) is 0 Å². The summed E-state index contributed by atoms with van der Waals surface area (Å²) >= 11 is 0. The summed E-state index contributed by atoms with van der Waals surface area (Å²) in [6.07, 6.45) is 0. The number of anilines is 3. The van der Waals surface area contributed by atoms with Crippen LogP contribution in [-0.4, -0.2) is 4.57 Å². The number of furan rings is 1. The smallest absolute Gasteiger partial charge is 0.137 e. The minimum Gasteiger partial charge on any atom is -0.456 e. The quantitative estimate of drug-likeness (QED) is 0.165. The fourth-order valence-corrected chi connectivity index (χ4v) is 16.8. The number of hydrogen-bond donors (Lipinski definition) is 0. The molecule has 0 bridgehead atoms. The maximum absolute atomic E-state index is 6.66. The molecule has 1 spiro atoms. The van der Waals surface area contributed by atoms with Gasteiger partial charge in [0.05, 0.1) is 27.6 Å². The third-order valence-corrected chi connectivity index (χ3v) is 20.2. The molecule has 3 aliphatic carbocycles. The van der Waals surface area contributed by atoms with Gasteiger partial charge >= 0.3 is 0 Å². The Morgan fingerprint density at radius 1 is 0.287 bits per heavy atom. The molecule has 87 heavy (non-hydrogen) atoms. The highest BCUT2D eigenvalue weighted by atomic mass is 16.3. The highest BCUT2D eigenvalue weighted by Gasteiger charge is 2.54. The highest BCUT2D eigenvalue weighted by molar-refractivity contribution is 6.21. The van der Waals surface area contributed by atoms with E-state index in [4.69, 9.17) is 4.42 Å². The van der Waals surface area contributed by atoms with Gasteiger partial charge in [-0.3, -0.25) is 0 Å². The van der Waals surface area contributed by atoms with Crippen LogP contribution in [0.1, 0.15) is 44.5 Å². The summed E-state index contributed by atoms with van der Waals surface area (Å²) < 4.78 is 9.25. The summed E-state index contributed by atoms with van der Waals surface area (Å²) in [5.74, 6) is 0. The second kappa shape index (κ2) is 17.2. The molecule has 402 valence electrons. The molecule has 0 atom stereocenters. The van der Waals surface area contributed by atoms with Crippen molar-refractivity contribution in [3.05, 3.63) is 348 Å². The maximum Gasteiger partial charge on any atom is 0.137 e. The van der Waals surface area contributed by atoms with Gasteiger partial charge in [-0.15, -0.1) is 0 Å². The van der Waals surface area contributed by atoms with Gasteiger partial charge < -0.3 is 13.9 Å². The Morgan fingerprint density at radius 2 is 0.828 bits per heavy atom. The van der Waals surface area contributed by atoms with Crippen molar-refractivity contribution in [2.45, 2.75) is 10.8 Å². The van der Waals surface area contributed by atoms with Crippen molar-refractivity contribution in [3.63, 3.8) is 0 Å². The van der Waals surface area contributed by atoms with Crippen LogP contribution in [0, 0.1) is 0 Å². The van der Waals surface area contributed by atoms with Crippen LogP contribution in [0.15, 0.2) is 308 Å². The molecule has 14 aromatic carbocycles. The highest BCUT2D eigenvalue weighted by Crippen LogP contribution is 2.67. The third kappa shape index (κ3) is 6.00. The van der Waals surface area contributed by atoms with E-state index in [1.54, 1.807) is 0 Å². The average Bonchev–Trinajstić information content (AvgIpc) is 1.50. The molecule has 3 heterocycles. The molecule has 0 N–H and O–H groups in total. The molecule has 3 heteroatoms. The summed E-state index contributed by atoms with van der Waals surface area (Å²) in [5, 5.41) is 7.08. The number of aromatic nitrogens is 1. The molecule has 0 saturated carbocycles. The zero-order valence-electron chi connectivity index (χ0n) is 47.2. The van der Waals surface area contributed by atoms with Gasteiger partial charge in [0.15, 0.2) is 0 Å². The Kier molecular flexibility index (Phi) is 9.32. The summed E-state index contributed by atoms with van der Waals surface area (Å²) in [6, 6.07) is 114. The predicted molar refractivity (Wildman–Crippen MR) is 358 cm³/mol. The fraction of sp³-hybridized carbons (Fsp3) is 0.0238. The molecule has 0 radical (unpaired) electrons. The lowest BCUT2D eigenvalue weighted by molar-refractivity contribution is 0.669. The molecule has 1 aliphatic heterocycles. The van der Waals surface area contributed by atoms with Crippen LogP contribution in [0.5, 0.6) is 0 Å². The molecule has 0 amide bonds. The molecule has 0 saturated heterocycles. The van der Waals surface area contributed by atoms with Gasteiger partial charge in [0.2, 0.25) is 0 Å². The van der Waals surface area contributed by atoms with Gasteiger partial charge in [0.1, 0.15) is 11.2 Å². The molecular formula is C84H50N2O. The number of benzene rings is 14. The van der Waals surface area contributed by atoms with Gasteiger partial charge in [0.25, 0.3) is 0 Å². The first-order valence-corrected chi connectivity index (χ1v) is 30.3. The van der Waals surface area contributed by atoms with E-state index in [1.807, 2.05) is 6.07 Å². The van der Waals surface area contributed by atoms with Crippen molar-refractivity contribution in [1.29, 1.82) is 0 Å². The van der Waals surface area contributed by atoms with Crippen molar-refractivity contribution in [2.24, 2.45) is 0 Å². The van der Waals surface area contributed by atoms with Crippen LogP contribution >= 0.6 is 0 Å². The molecular weight excluding hydrogens is 1050 g/mol. The normalized spacial score (nSPS) is 13.9. The van der Waals surface area contributed by atoms with Crippen molar-refractivity contribution in [2.75, 3.05) is 4.90 Å². The average molecular weight is 1100 g/mol. The van der Waals surface area contributed by atoms with E-state index < -0.39 is 10.8 Å². The van der Waals surface area contributed by atoms with Crippen molar-refractivity contribution in [3.8, 4) is 61.3 Å². The number of fused-ring (bicyclic) bond motifs is 20. The van der Waals surface area contributed by atoms with E-state index in [2.05, 4.69) is 307 Å². The molecule has 20 rings (SSSR count). The second-order valence-corrected chi connectivity index (χ2v) is 24.1. The summed E-state index contributed by atoms with van der Waals surface area (Å²) in [5.41, 5.74) is 30.8. The number of nitrogens with zero attached hydrogens (tertiary/aromatic N) is 2. The van der Waals surface area contributed by atoms with Crippen molar-refractivity contribution >= 4 is 71.6 Å². The minimum absolute atomic E-state index is 0.445. The van der Waals surface area contributed by atoms with Crippen LogP contribution in [-0.2, 0) is 10.8 Å². The van der Waals surface area contributed by atoms with E-state index in [0.717, 1.165) is 44.4 Å². The van der Waals surface area contributed by atoms with Gasteiger partial charge in [0, 0.05) is 55.8 Å². The Bertz CT molecular complexity index is 5580. The van der Waals surface area contributed by atoms with Crippen LogP contribution in [0.2, 0.25) is 0 Å². The number of para-hydroxylation sites is 2. The Morgan fingerprint density at radius 3 is 1.59 bits per heavy atom. The molecule has 16 aromatic rings. The SMILES string of the molecule is c1ccc(C2(c3ccccc3)c3ccccc3-c3ccc(N(c4ccc5c(-c6ccc7c(c6)c6ccc8c9c6n7-c6ccccc6-c6cccc(c6-9)C86c7ccccc7-c7ccccc76)cccc5c4)c4ccc5c(c4)oc4ccccc45)cc32)cc1. The maximum atomic E-state index is 6.66. The summed E-state index contributed by atoms with van der Waals surface area (Å²) in [7, 11) is 0. The lowest BCUT2D eigenvalue weighted by Crippen LogP contribution is -2.28. The predicted octanol–water partition coefficient (Wildman–Crippen LogP) is 21.7. The molecule has 0 fully saturated rings. The Hall–Kier alpha value is -11.3. The summed E-state index contributed by atoms with van der Waals surface area (Å²) in [6.45, 7) is 0. The van der Waals surface area contributed by atoms with Crippen LogP contribution in [0.4, 0.5) is 17.1 Å². The molecule has 0 unspecified atom stereocenters. The lowest BCUT2D eigenvalue weighted by atomic mass is 9.67.